The average Bonchev–Trinajstić information content (AvgIpc) is 3.03. The number of nitrogens with zero attached hydrogens (tertiary/aromatic N) is 5. The van der Waals surface area contributed by atoms with Gasteiger partial charge in [0.2, 0.25) is 0 Å². The first kappa shape index (κ1) is 14.2. The van der Waals surface area contributed by atoms with Crippen LogP contribution in [0.1, 0.15) is 27.7 Å². The van der Waals surface area contributed by atoms with Crippen LogP contribution in [0, 0.1) is 0 Å². The molecule has 1 N–H and O–H groups in total. The van der Waals surface area contributed by atoms with E-state index in [-0.39, 0.29) is 5.69 Å². The Bertz CT molecular complexity index is 899. The molecule has 0 bridgehead atoms. The highest BCUT2D eigenvalue weighted by molar-refractivity contribution is 6.30. The van der Waals surface area contributed by atoms with Crippen molar-refractivity contribution in [2.45, 2.75) is 12.5 Å². The summed E-state index contributed by atoms with van der Waals surface area (Å²) in [5, 5.41) is 16.9. The highest BCUT2D eigenvalue weighted by Crippen LogP contribution is 2.29. The van der Waals surface area contributed by atoms with Gasteiger partial charge >= 0.3 is 5.97 Å². The van der Waals surface area contributed by atoms with Crippen LogP contribution in [-0.4, -0.2) is 48.7 Å². The van der Waals surface area contributed by atoms with E-state index in [4.69, 9.17) is 21.4 Å². The summed E-state index contributed by atoms with van der Waals surface area (Å²) in [6, 6.07) is 1.92. The second-order valence-electron chi connectivity index (χ2n) is 5.42. The number of rotatable bonds is 4. The third-order valence-electron chi connectivity index (χ3n) is 3.76. The minimum atomic E-state index is -1.11. The second kappa shape index (κ2) is 5.32. The maximum absolute atomic E-state index is 10.8. The molecule has 1 aliphatic heterocycles. The highest BCUT2D eigenvalue weighted by Gasteiger charge is 2.24. The lowest BCUT2D eigenvalue weighted by Gasteiger charge is -2.26. The van der Waals surface area contributed by atoms with Crippen molar-refractivity contribution in [3.8, 4) is 0 Å². The van der Waals surface area contributed by atoms with Crippen LogP contribution in [0.3, 0.4) is 0 Å². The van der Waals surface area contributed by atoms with Gasteiger partial charge in [-0.15, -0.1) is 5.10 Å². The van der Waals surface area contributed by atoms with Crippen molar-refractivity contribution in [1.29, 1.82) is 0 Å². The molecule has 3 aromatic heterocycles. The van der Waals surface area contributed by atoms with Gasteiger partial charge in [-0.05, 0) is 6.07 Å². The van der Waals surface area contributed by atoms with Gasteiger partial charge in [0, 0.05) is 23.9 Å². The van der Waals surface area contributed by atoms with Crippen molar-refractivity contribution in [2.75, 3.05) is 13.2 Å². The highest BCUT2D eigenvalue weighted by atomic mass is 35.5. The number of aromatic nitrogens is 5. The topological polar surface area (TPSA) is 94.5 Å². The Kier molecular flexibility index (Phi) is 3.28. The van der Waals surface area contributed by atoms with Crippen molar-refractivity contribution in [1.82, 2.24) is 24.4 Å². The van der Waals surface area contributed by atoms with E-state index >= 15 is 0 Å². The molecule has 0 atom stereocenters. The minimum Gasteiger partial charge on any atom is -0.476 e. The molecular weight excluding hydrogens is 322 g/mol. The zero-order valence-electron chi connectivity index (χ0n) is 11.9. The van der Waals surface area contributed by atoms with Gasteiger partial charge in [0.25, 0.3) is 0 Å². The summed E-state index contributed by atoms with van der Waals surface area (Å²) in [6.45, 7) is 1.67. The van der Waals surface area contributed by atoms with E-state index in [1.54, 1.807) is 6.20 Å². The van der Waals surface area contributed by atoms with Gasteiger partial charge in [-0.2, -0.15) is 0 Å². The van der Waals surface area contributed by atoms with Gasteiger partial charge in [0.1, 0.15) is 5.65 Å². The Labute approximate surface area is 135 Å². The van der Waals surface area contributed by atoms with Crippen molar-refractivity contribution >= 4 is 23.2 Å². The average molecular weight is 334 g/mol. The molecule has 1 saturated heterocycles. The normalized spacial score (nSPS) is 15.0. The molecule has 0 aliphatic carbocycles. The molecule has 0 amide bonds. The van der Waals surface area contributed by atoms with E-state index in [1.807, 2.05) is 16.7 Å². The van der Waals surface area contributed by atoms with Crippen LogP contribution in [0.25, 0.3) is 5.65 Å². The molecule has 118 valence electrons. The summed E-state index contributed by atoms with van der Waals surface area (Å²) < 4.78 is 8.57. The summed E-state index contributed by atoms with van der Waals surface area (Å²) >= 11 is 6.17. The SMILES string of the molecule is O=C(O)c1cn(Cc2cn3cc(Cl)cc(C4COC4)c3n2)nn1. The van der Waals surface area contributed by atoms with Gasteiger partial charge in [0.15, 0.2) is 5.69 Å². The molecule has 9 heteroatoms. The van der Waals surface area contributed by atoms with Crippen LogP contribution in [0.4, 0.5) is 0 Å². The Morgan fingerprint density at radius 1 is 1.39 bits per heavy atom. The monoisotopic (exact) mass is 333 g/mol. The molecule has 1 fully saturated rings. The van der Waals surface area contributed by atoms with Gasteiger partial charge in [0.05, 0.1) is 36.7 Å². The molecule has 8 nitrogen and oxygen atoms in total. The number of aromatic carboxylic acids is 1. The fourth-order valence-electron chi connectivity index (χ4n) is 2.57. The number of imidazole rings is 1. The minimum absolute atomic E-state index is 0.0934. The molecule has 0 unspecified atom stereocenters. The van der Waals surface area contributed by atoms with E-state index in [0.29, 0.717) is 30.7 Å². The largest absolute Gasteiger partial charge is 0.476 e. The number of hydrogen-bond donors (Lipinski definition) is 1. The molecule has 0 saturated carbocycles. The summed E-state index contributed by atoms with van der Waals surface area (Å²) in [5.74, 6) is -0.804. The zero-order chi connectivity index (χ0) is 16.0. The number of pyridine rings is 1. The van der Waals surface area contributed by atoms with Crippen molar-refractivity contribution in [2.24, 2.45) is 0 Å². The van der Waals surface area contributed by atoms with Crippen molar-refractivity contribution in [3.05, 3.63) is 46.6 Å². The quantitative estimate of drug-likeness (QED) is 0.776. The Hall–Kier alpha value is -2.45. The Morgan fingerprint density at radius 3 is 2.87 bits per heavy atom. The van der Waals surface area contributed by atoms with Crippen molar-refractivity contribution < 1.29 is 14.6 Å². The third kappa shape index (κ3) is 2.55. The lowest BCUT2D eigenvalue weighted by atomic mass is 9.99. The molecular formula is C14H12ClN5O3. The Balaban J connectivity index is 1.69. The summed E-state index contributed by atoms with van der Waals surface area (Å²) in [7, 11) is 0. The lowest BCUT2D eigenvalue weighted by Crippen LogP contribution is -2.25. The molecule has 1 aliphatic rings. The molecule has 0 aromatic carbocycles. The fraction of sp³-hybridized carbons (Fsp3) is 0.286. The van der Waals surface area contributed by atoms with Crippen LogP contribution in [0.15, 0.2) is 24.7 Å². The van der Waals surface area contributed by atoms with Gasteiger partial charge in [-0.3, -0.25) is 0 Å². The lowest BCUT2D eigenvalue weighted by molar-refractivity contribution is 0.00880. The van der Waals surface area contributed by atoms with Gasteiger partial charge < -0.3 is 14.2 Å². The Morgan fingerprint density at radius 2 is 2.22 bits per heavy atom. The summed E-state index contributed by atoms with van der Waals surface area (Å²) in [5.41, 5.74) is 2.54. The number of carboxylic acid groups (broad SMARTS) is 1. The smallest absolute Gasteiger partial charge is 0.358 e. The summed E-state index contributed by atoms with van der Waals surface area (Å²) in [6.07, 6.45) is 5.02. The van der Waals surface area contributed by atoms with Crippen LogP contribution in [0.5, 0.6) is 0 Å². The van der Waals surface area contributed by atoms with Gasteiger partial charge in [-0.25, -0.2) is 14.5 Å². The maximum atomic E-state index is 10.8. The molecule has 3 aromatic rings. The second-order valence-corrected chi connectivity index (χ2v) is 5.85. The summed E-state index contributed by atoms with van der Waals surface area (Å²) in [4.78, 5) is 15.5. The number of fused-ring (bicyclic) bond motifs is 1. The zero-order valence-corrected chi connectivity index (χ0v) is 12.6. The number of hydrogen-bond acceptors (Lipinski definition) is 5. The molecule has 23 heavy (non-hydrogen) atoms. The third-order valence-corrected chi connectivity index (χ3v) is 3.96. The predicted octanol–water partition coefficient (Wildman–Crippen LogP) is 1.44. The van der Waals surface area contributed by atoms with Crippen LogP contribution in [-0.2, 0) is 11.3 Å². The number of halogens is 1. The number of carbonyl (C=O) groups is 1. The first-order valence-electron chi connectivity index (χ1n) is 6.98. The van der Waals surface area contributed by atoms with E-state index < -0.39 is 5.97 Å². The molecule has 0 spiro atoms. The van der Waals surface area contributed by atoms with Crippen molar-refractivity contribution in [3.63, 3.8) is 0 Å². The first-order chi connectivity index (χ1) is 11.1. The predicted molar refractivity (Wildman–Crippen MR) is 79.8 cm³/mol. The van der Waals surface area contributed by atoms with E-state index in [9.17, 15) is 4.79 Å². The first-order valence-corrected chi connectivity index (χ1v) is 7.36. The van der Waals surface area contributed by atoms with Crippen LogP contribution < -0.4 is 0 Å². The maximum Gasteiger partial charge on any atom is 0.358 e. The van der Waals surface area contributed by atoms with E-state index in [0.717, 1.165) is 16.9 Å². The molecule has 4 rings (SSSR count). The number of carboxylic acids is 1. The molecule has 0 radical (unpaired) electrons. The van der Waals surface area contributed by atoms with Gasteiger partial charge in [-0.1, -0.05) is 16.8 Å². The van der Waals surface area contributed by atoms with Crippen LogP contribution >= 0.6 is 11.6 Å². The number of ether oxygens (including phenoxy) is 1. The fourth-order valence-corrected chi connectivity index (χ4v) is 2.79. The standard InChI is InChI=1S/C14H12ClN5O3/c15-9-1-11(8-6-23-7-8)13-16-10(3-19(13)2-9)4-20-5-12(14(21)22)17-18-20/h1-3,5,8H,4,6-7H2,(H,21,22). The van der Waals surface area contributed by atoms with E-state index in [1.165, 1.54) is 10.9 Å². The van der Waals surface area contributed by atoms with Crippen LogP contribution in [0.2, 0.25) is 5.02 Å². The van der Waals surface area contributed by atoms with E-state index in [2.05, 4.69) is 15.3 Å². The molecule has 4 heterocycles.